The summed E-state index contributed by atoms with van der Waals surface area (Å²) < 4.78 is 0. The number of carboxylic acids is 1. The topological polar surface area (TPSA) is 40.5 Å². The van der Waals surface area contributed by atoms with E-state index in [9.17, 15) is 4.79 Å². The van der Waals surface area contributed by atoms with Crippen LogP contribution >= 0.6 is 0 Å². The van der Waals surface area contributed by atoms with E-state index in [0.717, 1.165) is 5.69 Å². The van der Waals surface area contributed by atoms with Crippen LogP contribution in [0.4, 0.5) is 5.69 Å². The van der Waals surface area contributed by atoms with Crippen molar-refractivity contribution in [3.8, 4) is 0 Å². The Bertz CT molecular complexity index is 382. The van der Waals surface area contributed by atoms with Gasteiger partial charge in [0.2, 0.25) is 0 Å². The van der Waals surface area contributed by atoms with Gasteiger partial charge in [-0.2, -0.15) is 0 Å². The van der Waals surface area contributed by atoms with Crippen molar-refractivity contribution in [2.24, 2.45) is 0 Å². The van der Waals surface area contributed by atoms with Crippen LogP contribution in [0.2, 0.25) is 0 Å². The van der Waals surface area contributed by atoms with Crippen molar-refractivity contribution in [1.29, 1.82) is 0 Å². The average Bonchev–Trinajstić information content (AvgIpc) is 2.22. The second-order valence-corrected chi connectivity index (χ2v) is 4.76. The third-order valence-corrected chi connectivity index (χ3v) is 3.45. The van der Waals surface area contributed by atoms with Gasteiger partial charge in [0.1, 0.15) is 0 Å². The molecule has 3 nitrogen and oxygen atoms in total. The van der Waals surface area contributed by atoms with Gasteiger partial charge < -0.3 is 10.0 Å². The Labute approximate surface area is 102 Å². The SMILES string of the molecule is Cc1ccc(N(CCC(=O)O)C2CCC2)cc1. The second-order valence-electron chi connectivity index (χ2n) is 4.76. The van der Waals surface area contributed by atoms with Gasteiger partial charge in [0, 0.05) is 18.3 Å². The monoisotopic (exact) mass is 233 g/mol. The highest BCUT2D eigenvalue weighted by atomic mass is 16.4. The minimum absolute atomic E-state index is 0.213. The molecule has 0 bridgehead atoms. The lowest BCUT2D eigenvalue weighted by molar-refractivity contribution is -0.136. The zero-order valence-electron chi connectivity index (χ0n) is 10.2. The number of hydrogen-bond donors (Lipinski definition) is 1. The van der Waals surface area contributed by atoms with Crippen LogP contribution in [0.1, 0.15) is 31.2 Å². The van der Waals surface area contributed by atoms with Crippen molar-refractivity contribution in [2.75, 3.05) is 11.4 Å². The lowest BCUT2D eigenvalue weighted by atomic mass is 9.91. The van der Waals surface area contributed by atoms with E-state index in [1.807, 2.05) is 0 Å². The predicted molar refractivity (Wildman–Crippen MR) is 68.4 cm³/mol. The van der Waals surface area contributed by atoms with Gasteiger partial charge in [0.25, 0.3) is 0 Å². The molecule has 1 saturated carbocycles. The highest BCUT2D eigenvalue weighted by Gasteiger charge is 2.25. The maximum absolute atomic E-state index is 10.7. The highest BCUT2D eigenvalue weighted by Crippen LogP contribution is 2.29. The van der Waals surface area contributed by atoms with Gasteiger partial charge in [-0.15, -0.1) is 0 Å². The molecule has 0 amide bonds. The summed E-state index contributed by atoms with van der Waals surface area (Å²) in [4.78, 5) is 12.9. The van der Waals surface area contributed by atoms with Gasteiger partial charge >= 0.3 is 5.97 Å². The van der Waals surface area contributed by atoms with Crippen molar-refractivity contribution in [1.82, 2.24) is 0 Å². The quantitative estimate of drug-likeness (QED) is 0.850. The van der Waals surface area contributed by atoms with Crippen LogP contribution < -0.4 is 4.90 Å². The third kappa shape index (κ3) is 2.99. The molecule has 2 rings (SSSR count). The molecule has 1 aliphatic rings. The van der Waals surface area contributed by atoms with Crippen LogP contribution in [0.3, 0.4) is 0 Å². The second kappa shape index (κ2) is 5.21. The van der Waals surface area contributed by atoms with Crippen LogP contribution in [-0.2, 0) is 4.79 Å². The number of aliphatic carboxylic acids is 1. The standard InChI is InChI=1S/C14H19NO2/c1-11-5-7-13(8-6-11)15(10-9-14(16)17)12-3-2-4-12/h5-8,12H,2-4,9-10H2,1H3,(H,16,17). The molecule has 0 unspecified atom stereocenters. The molecule has 3 heteroatoms. The first-order chi connectivity index (χ1) is 8.16. The molecule has 0 atom stereocenters. The largest absolute Gasteiger partial charge is 0.481 e. The molecular weight excluding hydrogens is 214 g/mol. The smallest absolute Gasteiger partial charge is 0.305 e. The fraction of sp³-hybridized carbons (Fsp3) is 0.500. The van der Waals surface area contributed by atoms with Gasteiger partial charge in [-0.05, 0) is 38.3 Å². The Morgan fingerprint density at radius 2 is 2.00 bits per heavy atom. The summed E-state index contributed by atoms with van der Waals surface area (Å²) in [7, 11) is 0. The molecule has 1 aromatic rings. The summed E-state index contributed by atoms with van der Waals surface area (Å²) in [5.74, 6) is -0.721. The van der Waals surface area contributed by atoms with Crippen molar-refractivity contribution in [3.05, 3.63) is 29.8 Å². The van der Waals surface area contributed by atoms with Gasteiger partial charge in [-0.25, -0.2) is 0 Å². The van der Waals surface area contributed by atoms with Crippen LogP contribution in [0.25, 0.3) is 0 Å². The molecule has 0 spiro atoms. The van der Waals surface area contributed by atoms with E-state index < -0.39 is 5.97 Å². The van der Waals surface area contributed by atoms with E-state index in [2.05, 4.69) is 36.1 Å². The number of aryl methyl sites for hydroxylation is 1. The summed E-state index contributed by atoms with van der Waals surface area (Å²) in [6, 6.07) is 8.89. The summed E-state index contributed by atoms with van der Waals surface area (Å²) in [5.41, 5.74) is 2.39. The molecule has 0 radical (unpaired) electrons. The fourth-order valence-electron chi connectivity index (χ4n) is 2.17. The summed E-state index contributed by atoms with van der Waals surface area (Å²) in [6.45, 7) is 2.68. The van der Waals surface area contributed by atoms with E-state index >= 15 is 0 Å². The summed E-state index contributed by atoms with van der Waals surface area (Å²) in [6.07, 6.45) is 3.85. The number of carboxylic acid groups (broad SMARTS) is 1. The zero-order valence-corrected chi connectivity index (χ0v) is 10.2. The number of carbonyl (C=O) groups is 1. The number of nitrogens with zero attached hydrogens (tertiary/aromatic N) is 1. The first-order valence-electron chi connectivity index (χ1n) is 6.22. The van der Waals surface area contributed by atoms with Crippen LogP contribution in [0.5, 0.6) is 0 Å². The minimum atomic E-state index is -0.721. The van der Waals surface area contributed by atoms with E-state index in [1.165, 1.54) is 24.8 Å². The molecule has 0 heterocycles. The molecule has 0 aromatic heterocycles. The minimum Gasteiger partial charge on any atom is -0.481 e. The molecule has 1 aromatic carbocycles. The number of anilines is 1. The van der Waals surface area contributed by atoms with Gasteiger partial charge in [-0.3, -0.25) is 4.79 Å². The molecule has 1 fully saturated rings. The highest BCUT2D eigenvalue weighted by molar-refractivity contribution is 5.67. The summed E-state index contributed by atoms with van der Waals surface area (Å²) >= 11 is 0. The third-order valence-electron chi connectivity index (χ3n) is 3.45. The first kappa shape index (κ1) is 12.0. The Kier molecular flexibility index (Phi) is 3.67. The summed E-state index contributed by atoms with van der Waals surface area (Å²) in [5, 5.41) is 8.80. The van der Waals surface area contributed by atoms with Crippen molar-refractivity contribution >= 4 is 11.7 Å². The predicted octanol–water partition coefficient (Wildman–Crippen LogP) is 2.83. The van der Waals surface area contributed by atoms with E-state index in [4.69, 9.17) is 5.11 Å². The van der Waals surface area contributed by atoms with Crippen LogP contribution in [0.15, 0.2) is 24.3 Å². The van der Waals surface area contributed by atoms with Gasteiger partial charge in [-0.1, -0.05) is 17.7 Å². The molecule has 1 aliphatic carbocycles. The lowest BCUT2D eigenvalue weighted by Crippen LogP contribution is -2.41. The van der Waals surface area contributed by atoms with Crippen molar-refractivity contribution in [2.45, 2.75) is 38.6 Å². The maximum atomic E-state index is 10.7. The van der Waals surface area contributed by atoms with Crippen LogP contribution in [-0.4, -0.2) is 23.7 Å². The first-order valence-corrected chi connectivity index (χ1v) is 6.22. The van der Waals surface area contributed by atoms with Crippen molar-refractivity contribution in [3.63, 3.8) is 0 Å². The molecule has 17 heavy (non-hydrogen) atoms. The zero-order chi connectivity index (χ0) is 12.3. The number of benzene rings is 1. The maximum Gasteiger partial charge on any atom is 0.305 e. The normalized spacial score (nSPS) is 15.4. The van der Waals surface area contributed by atoms with E-state index in [1.54, 1.807) is 0 Å². The molecule has 92 valence electrons. The Morgan fingerprint density at radius 1 is 1.35 bits per heavy atom. The molecule has 0 aliphatic heterocycles. The molecular formula is C14H19NO2. The average molecular weight is 233 g/mol. The number of rotatable bonds is 5. The van der Waals surface area contributed by atoms with Crippen molar-refractivity contribution < 1.29 is 9.90 Å². The van der Waals surface area contributed by atoms with E-state index in [0.29, 0.717) is 12.6 Å². The molecule has 0 saturated heterocycles. The lowest BCUT2D eigenvalue weighted by Gasteiger charge is -2.39. The Balaban J connectivity index is 2.08. The van der Waals surface area contributed by atoms with Gasteiger partial charge in [0.05, 0.1) is 6.42 Å². The van der Waals surface area contributed by atoms with E-state index in [-0.39, 0.29) is 6.42 Å². The molecule has 1 N–H and O–H groups in total. The Hall–Kier alpha value is -1.51. The van der Waals surface area contributed by atoms with Gasteiger partial charge in [0.15, 0.2) is 0 Å². The van der Waals surface area contributed by atoms with Crippen LogP contribution in [0, 0.1) is 6.92 Å². The fourth-order valence-corrected chi connectivity index (χ4v) is 2.17. The number of hydrogen-bond acceptors (Lipinski definition) is 2. The Morgan fingerprint density at radius 3 is 2.47 bits per heavy atom.